The second-order valence-corrected chi connectivity index (χ2v) is 4.66. The Labute approximate surface area is 96.5 Å². The summed E-state index contributed by atoms with van der Waals surface area (Å²) in [6.07, 6.45) is 0. The van der Waals surface area contributed by atoms with E-state index in [4.69, 9.17) is 5.73 Å². The normalized spacial score (nSPS) is 13.6. The van der Waals surface area contributed by atoms with Crippen molar-refractivity contribution in [1.82, 2.24) is 15.5 Å². The van der Waals surface area contributed by atoms with Gasteiger partial charge in [-0.25, -0.2) is 4.79 Å². The largest absolute Gasteiger partial charge is 0.351 e. The van der Waals surface area contributed by atoms with Gasteiger partial charge in [0.05, 0.1) is 6.04 Å². The van der Waals surface area contributed by atoms with Crippen molar-refractivity contribution >= 4 is 11.9 Å². The fraction of sp³-hybridized carbons (Fsp3) is 0.800. The van der Waals surface area contributed by atoms with E-state index >= 15 is 0 Å². The van der Waals surface area contributed by atoms with Gasteiger partial charge in [0.1, 0.15) is 0 Å². The number of nitrogens with one attached hydrogen (secondary N) is 2. The van der Waals surface area contributed by atoms with Gasteiger partial charge in [0.15, 0.2) is 0 Å². The number of nitrogens with two attached hydrogens (primary N) is 1. The second-order valence-electron chi connectivity index (χ2n) is 4.66. The zero-order chi connectivity index (χ0) is 12.9. The molecular formula is C10H22N4O2. The number of carbonyl (C=O) groups excluding carboxylic acids is 2. The van der Waals surface area contributed by atoms with Crippen molar-refractivity contribution in [3.8, 4) is 0 Å². The molecule has 6 nitrogen and oxygen atoms in total. The third-order valence-corrected chi connectivity index (χ3v) is 2.69. The molecule has 1 unspecified atom stereocenters. The third-order valence-electron chi connectivity index (χ3n) is 2.69. The summed E-state index contributed by atoms with van der Waals surface area (Å²) in [5.41, 5.74) is 4.79. The van der Waals surface area contributed by atoms with Gasteiger partial charge in [0.25, 0.3) is 0 Å². The summed E-state index contributed by atoms with van der Waals surface area (Å²) in [5.74, 6) is -0.415. The average molecular weight is 230 g/mol. The maximum Gasteiger partial charge on any atom is 0.318 e. The van der Waals surface area contributed by atoms with Gasteiger partial charge in [0, 0.05) is 12.1 Å². The Morgan fingerprint density at radius 2 is 1.88 bits per heavy atom. The number of rotatable bonds is 5. The second kappa shape index (κ2) is 5.81. The topological polar surface area (TPSA) is 87.5 Å². The quantitative estimate of drug-likeness (QED) is 0.594. The Morgan fingerprint density at radius 1 is 1.38 bits per heavy atom. The highest BCUT2D eigenvalue weighted by molar-refractivity contribution is 5.96. The number of likely N-dealkylation sites (N-methyl/N-ethyl adjacent to an activating group) is 1. The Morgan fingerprint density at radius 3 is 2.25 bits per heavy atom. The minimum atomic E-state index is -0.828. The molecule has 16 heavy (non-hydrogen) atoms. The van der Waals surface area contributed by atoms with Gasteiger partial charge in [-0.3, -0.25) is 10.1 Å². The number of carbonyl (C=O) groups is 2. The number of urea groups is 1. The molecule has 0 saturated heterocycles. The van der Waals surface area contributed by atoms with Crippen LogP contribution in [-0.2, 0) is 4.79 Å². The van der Waals surface area contributed by atoms with Gasteiger partial charge >= 0.3 is 6.03 Å². The van der Waals surface area contributed by atoms with Gasteiger partial charge in [-0.2, -0.15) is 0 Å². The molecule has 3 amide bonds. The van der Waals surface area contributed by atoms with Crippen LogP contribution in [0.1, 0.15) is 20.8 Å². The molecule has 0 aliphatic carbocycles. The van der Waals surface area contributed by atoms with Crippen LogP contribution in [0.5, 0.6) is 0 Å². The molecule has 0 bridgehead atoms. The summed E-state index contributed by atoms with van der Waals surface area (Å²) in [4.78, 5) is 23.9. The van der Waals surface area contributed by atoms with Gasteiger partial charge in [-0.1, -0.05) is 0 Å². The van der Waals surface area contributed by atoms with Crippen LogP contribution in [0.25, 0.3) is 0 Å². The minimum Gasteiger partial charge on any atom is -0.351 e. The molecule has 0 aliphatic heterocycles. The van der Waals surface area contributed by atoms with Crippen LogP contribution in [-0.4, -0.2) is 49.1 Å². The first-order valence-corrected chi connectivity index (χ1v) is 5.18. The highest BCUT2D eigenvalue weighted by Crippen LogP contribution is 2.07. The van der Waals surface area contributed by atoms with E-state index in [9.17, 15) is 9.59 Å². The highest BCUT2D eigenvalue weighted by atomic mass is 16.2. The number of imide groups is 1. The Hall–Kier alpha value is -1.14. The standard InChI is InChI=1S/C10H22N4O2/c1-7(8(15)13-9(11)16)12-6-10(2,3)14(4)5/h7,12H,6H2,1-5H3,(H3,11,13,15,16). The van der Waals surface area contributed by atoms with Crippen molar-refractivity contribution in [2.24, 2.45) is 5.73 Å². The summed E-state index contributed by atoms with van der Waals surface area (Å²) in [6.45, 7) is 6.43. The molecule has 0 rings (SSSR count). The van der Waals surface area contributed by atoms with Crippen LogP contribution < -0.4 is 16.4 Å². The van der Waals surface area contributed by atoms with E-state index in [-0.39, 0.29) is 5.54 Å². The predicted octanol–water partition coefficient (Wildman–Crippen LogP) is -0.500. The molecule has 0 saturated carbocycles. The van der Waals surface area contributed by atoms with Gasteiger partial charge < -0.3 is 16.0 Å². The first kappa shape index (κ1) is 14.9. The summed E-state index contributed by atoms with van der Waals surface area (Å²) >= 11 is 0. The van der Waals surface area contributed by atoms with E-state index in [1.807, 2.05) is 19.4 Å². The lowest BCUT2D eigenvalue weighted by Gasteiger charge is -2.33. The molecule has 0 aromatic carbocycles. The van der Waals surface area contributed by atoms with Gasteiger partial charge in [-0.15, -0.1) is 0 Å². The lowest BCUT2D eigenvalue weighted by atomic mass is 10.0. The van der Waals surface area contributed by atoms with E-state index in [2.05, 4.69) is 24.1 Å². The monoisotopic (exact) mass is 230 g/mol. The summed E-state index contributed by atoms with van der Waals surface area (Å²) in [6, 6.07) is -1.28. The minimum absolute atomic E-state index is 0.0682. The molecule has 4 N–H and O–H groups in total. The zero-order valence-corrected chi connectivity index (χ0v) is 10.6. The average Bonchev–Trinajstić information content (AvgIpc) is 2.12. The molecule has 0 aromatic heterocycles. The van der Waals surface area contributed by atoms with Crippen LogP contribution in [0.3, 0.4) is 0 Å². The number of amides is 3. The van der Waals surface area contributed by atoms with E-state index in [1.54, 1.807) is 6.92 Å². The molecule has 6 heteroatoms. The summed E-state index contributed by atoms with van der Waals surface area (Å²) in [7, 11) is 3.94. The number of nitrogens with zero attached hydrogens (tertiary/aromatic N) is 1. The van der Waals surface area contributed by atoms with Crippen LogP contribution in [0.15, 0.2) is 0 Å². The van der Waals surface area contributed by atoms with Crippen molar-refractivity contribution < 1.29 is 9.59 Å². The Bertz CT molecular complexity index is 264. The van der Waals surface area contributed by atoms with Crippen molar-refractivity contribution in [2.75, 3.05) is 20.6 Å². The molecule has 0 aromatic rings. The lowest BCUT2D eigenvalue weighted by Crippen LogP contribution is -2.53. The first-order valence-electron chi connectivity index (χ1n) is 5.18. The van der Waals surface area contributed by atoms with E-state index in [1.165, 1.54) is 0 Å². The maximum absolute atomic E-state index is 11.4. The van der Waals surface area contributed by atoms with Gasteiger partial charge in [-0.05, 0) is 34.9 Å². The SMILES string of the molecule is CC(NCC(C)(C)N(C)C)C(=O)NC(N)=O. The number of hydrogen-bond donors (Lipinski definition) is 3. The molecule has 94 valence electrons. The first-order chi connectivity index (χ1) is 7.16. The Kier molecular flexibility index (Phi) is 5.40. The van der Waals surface area contributed by atoms with E-state index in [0.717, 1.165) is 0 Å². The molecule has 0 aliphatic rings. The zero-order valence-electron chi connectivity index (χ0n) is 10.6. The lowest BCUT2D eigenvalue weighted by molar-refractivity contribution is -0.121. The van der Waals surface area contributed by atoms with Crippen molar-refractivity contribution in [3.05, 3.63) is 0 Å². The number of hydrogen-bond acceptors (Lipinski definition) is 4. The number of primary amides is 1. The van der Waals surface area contributed by atoms with Crippen molar-refractivity contribution in [3.63, 3.8) is 0 Å². The van der Waals surface area contributed by atoms with Gasteiger partial charge in [0.2, 0.25) is 5.91 Å². The smallest absolute Gasteiger partial charge is 0.318 e. The molecular weight excluding hydrogens is 208 g/mol. The van der Waals surface area contributed by atoms with Crippen LogP contribution in [0.4, 0.5) is 4.79 Å². The van der Waals surface area contributed by atoms with Crippen molar-refractivity contribution in [1.29, 1.82) is 0 Å². The molecule has 0 heterocycles. The van der Waals surface area contributed by atoms with E-state index < -0.39 is 18.0 Å². The maximum atomic E-state index is 11.4. The predicted molar refractivity (Wildman–Crippen MR) is 63.0 cm³/mol. The Balaban J connectivity index is 4.12. The molecule has 0 fully saturated rings. The summed E-state index contributed by atoms with van der Waals surface area (Å²) < 4.78 is 0. The van der Waals surface area contributed by atoms with E-state index in [0.29, 0.717) is 6.54 Å². The molecule has 0 radical (unpaired) electrons. The van der Waals surface area contributed by atoms with Crippen LogP contribution in [0, 0.1) is 0 Å². The third kappa shape index (κ3) is 5.09. The summed E-state index contributed by atoms with van der Waals surface area (Å²) in [5, 5.41) is 5.08. The van der Waals surface area contributed by atoms with Crippen LogP contribution >= 0.6 is 0 Å². The molecule has 0 spiro atoms. The van der Waals surface area contributed by atoms with Crippen LogP contribution in [0.2, 0.25) is 0 Å². The highest BCUT2D eigenvalue weighted by Gasteiger charge is 2.22. The molecule has 1 atom stereocenters. The van der Waals surface area contributed by atoms with Crippen molar-refractivity contribution in [2.45, 2.75) is 32.4 Å². The fourth-order valence-corrected chi connectivity index (χ4v) is 0.883. The fourth-order valence-electron chi connectivity index (χ4n) is 0.883.